The Morgan fingerprint density at radius 1 is 0.967 bits per heavy atom. The molecule has 0 saturated heterocycles. The summed E-state index contributed by atoms with van der Waals surface area (Å²) in [7, 11) is -0.921. The fourth-order valence-electron chi connectivity index (χ4n) is 2.92. The van der Waals surface area contributed by atoms with Gasteiger partial charge in [-0.1, -0.05) is 54.1 Å². The Hall–Kier alpha value is -2.74. The van der Waals surface area contributed by atoms with Crippen LogP contribution in [0.5, 0.6) is 0 Å². The van der Waals surface area contributed by atoms with Crippen LogP contribution in [0, 0.1) is 5.82 Å². The number of rotatable bonds is 6. The fraction of sp³-hybridized carbons (Fsp3) is 0.136. The molecule has 3 aromatic rings. The maximum Gasteiger partial charge on any atom is 0.253 e. The second-order valence-corrected chi connectivity index (χ2v) is 9.36. The van der Waals surface area contributed by atoms with E-state index < -0.39 is 22.0 Å². The van der Waals surface area contributed by atoms with Crippen molar-refractivity contribution in [2.45, 2.75) is 10.9 Å². The highest BCUT2D eigenvalue weighted by Gasteiger charge is 2.23. The Kier molecular flexibility index (Phi) is 6.55. The maximum absolute atomic E-state index is 13.4. The maximum atomic E-state index is 13.4. The molecule has 5 nitrogen and oxygen atoms in total. The van der Waals surface area contributed by atoms with Gasteiger partial charge in [-0.25, -0.2) is 17.1 Å². The smallest absolute Gasteiger partial charge is 0.253 e. The molecule has 0 heterocycles. The van der Waals surface area contributed by atoms with Gasteiger partial charge in [0.25, 0.3) is 5.91 Å². The molecule has 0 aliphatic rings. The van der Waals surface area contributed by atoms with Gasteiger partial charge in [0, 0.05) is 14.1 Å². The SMILES string of the molecule is CN(C)S(=O)(=O)c1ccc(Cl)c(C(=O)NC(c2ccccc2)c2ccc(F)cc2)c1. The second-order valence-electron chi connectivity index (χ2n) is 6.80. The molecule has 0 fully saturated rings. The monoisotopic (exact) mass is 446 g/mol. The second kappa shape index (κ2) is 8.95. The molecule has 0 bridgehead atoms. The summed E-state index contributed by atoms with van der Waals surface area (Å²) in [5.74, 6) is -0.935. The first-order valence-corrected chi connectivity index (χ1v) is 10.9. The van der Waals surface area contributed by atoms with Crippen LogP contribution >= 0.6 is 11.6 Å². The number of carbonyl (C=O) groups excluding carboxylic acids is 1. The summed E-state index contributed by atoms with van der Waals surface area (Å²) in [6, 6.07) is 18.4. The molecule has 0 spiro atoms. The van der Waals surface area contributed by atoms with Crippen LogP contribution in [0.4, 0.5) is 4.39 Å². The average Bonchev–Trinajstić information content (AvgIpc) is 2.73. The van der Waals surface area contributed by atoms with Crippen LogP contribution in [0.15, 0.2) is 77.7 Å². The van der Waals surface area contributed by atoms with Crippen LogP contribution in [-0.4, -0.2) is 32.7 Å². The molecule has 3 rings (SSSR count). The molecule has 0 aliphatic heterocycles. The van der Waals surface area contributed by atoms with Crippen molar-refractivity contribution in [3.05, 3.63) is 100 Å². The Bertz CT molecular complexity index is 1150. The summed E-state index contributed by atoms with van der Waals surface area (Å²) in [5.41, 5.74) is 1.48. The molecule has 0 aliphatic carbocycles. The van der Waals surface area contributed by atoms with E-state index in [2.05, 4.69) is 5.32 Å². The minimum absolute atomic E-state index is 0.0302. The van der Waals surface area contributed by atoms with Crippen molar-refractivity contribution < 1.29 is 17.6 Å². The van der Waals surface area contributed by atoms with Crippen LogP contribution in [0.3, 0.4) is 0 Å². The van der Waals surface area contributed by atoms with E-state index >= 15 is 0 Å². The first-order valence-electron chi connectivity index (χ1n) is 9.03. The van der Waals surface area contributed by atoms with E-state index in [1.54, 1.807) is 12.1 Å². The van der Waals surface area contributed by atoms with Gasteiger partial charge in [0.05, 0.1) is 21.5 Å². The number of benzene rings is 3. The third-order valence-corrected chi connectivity index (χ3v) is 6.71. The van der Waals surface area contributed by atoms with Gasteiger partial charge in [-0.15, -0.1) is 0 Å². The molecule has 1 unspecified atom stereocenters. The number of sulfonamides is 1. The van der Waals surface area contributed by atoms with Gasteiger partial charge in [0.2, 0.25) is 10.0 Å². The number of nitrogens with one attached hydrogen (secondary N) is 1. The number of nitrogens with zero attached hydrogens (tertiary/aromatic N) is 1. The van der Waals surface area contributed by atoms with E-state index in [-0.39, 0.29) is 21.3 Å². The third-order valence-electron chi connectivity index (χ3n) is 4.57. The van der Waals surface area contributed by atoms with Gasteiger partial charge < -0.3 is 5.32 Å². The van der Waals surface area contributed by atoms with Crippen molar-refractivity contribution in [1.29, 1.82) is 0 Å². The lowest BCUT2D eigenvalue weighted by molar-refractivity contribution is 0.0943. The first-order chi connectivity index (χ1) is 14.2. The fourth-order valence-corrected chi connectivity index (χ4v) is 4.05. The van der Waals surface area contributed by atoms with Crippen molar-refractivity contribution >= 4 is 27.5 Å². The van der Waals surface area contributed by atoms with E-state index in [4.69, 9.17) is 11.6 Å². The number of halogens is 2. The zero-order valence-electron chi connectivity index (χ0n) is 16.3. The molecular weight excluding hydrogens is 427 g/mol. The lowest BCUT2D eigenvalue weighted by Gasteiger charge is -2.21. The zero-order valence-corrected chi connectivity index (χ0v) is 17.9. The zero-order chi connectivity index (χ0) is 21.9. The molecule has 8 heteroatoms. The van der Waals surface area contributed by atoms with Crippen molar-refractivity contribution in [2.75, 3.05) is 14.1 Å². The molecule has 156 valence electrons. The summed E-state index contributed by atoms with van der Waals surface area (Å²) in [6.07, 6.45) is 0. The van der Waals surface area contributed by atoms with Gasteiger partial charge in [-0.05, 0) is 41.5 Å². The summed E-state index contributed by atoms with van der Waals surface area (Å²) in [4.78, 5) is 13.0. The minimum Gasteiger partial charge on any atom is -0.341 e. The largest absolute Gasteiger partial charge is 0.341 e. The summed E-state index contributed by atoms with van der Waals surface area (Å²) in [5, 5.41) is 3.00. The summed E-state index contributed by atoms with van der Waals surface area (Å²) in [6.45, 7) is 0. The Balaban J connectivity index is 2.00. The first kappa shape index (κ1) is 22.0. The van der Waals surface area contributed by atoms with Crippen molar-refractivity contribution in [3.8, 4) is 0 Å². The number of amides is 1. The van der Waals surface area contributed by atoms with Gasteiger partial charge in [-0.2, -0.15) is 0 Å². The Labute approximate surface area is 180 Å². The van der Waals surface area contributed by atoms with E-state index in [0.717, 1.165) is 9.87 Å². The molecule has 0 aromatic heterocycles. The highest BCUT2D eigenvalue weighted by Crippen LogP contribution is 2.26. The normalized spacial score (nSPS) is 12.6. The van der Waals surface area contributed by atoms with Gasteiger partial charge >= 0.3 is 0 Å². The number of carbonyl (C=O) groups is 1. The van der Waals surface area contributed by atoms with Gasteiger partial charge in [0.15, 0.2) is 0 Å². The molecule has 0 radical (unpaired) electrons. The lowest BCUT2D eigenvalue weighted by Crippen LogP contribution is -2.30. The molecule has 0 saturated carbocycles. The van der Waals surface area contributed by atoms with E-state index in [9.17, 15) is 17.6 Å². The Morgan fingerprint density at radius 2 is 1.57 bits per heavy atom. The standard InChI is InChI=1S/C22H20ClFN2O3S/c1-26(2)30(28,29)18-12-13-20(23)19(14-18)22(27)25-21(15-6-4-3-5-7-15)16-8-10-17(24)11-9-16/h3-14,21H,1-2H3,(H,25,27). The predicted molar refractivity (Wildman–Crippen MR) is 114 cm³/mol. The molecular formula is C22H20ClFN2O3S. The van der Waals surface area contributed by atoms with Crippen molar-refractivity contribution in [2.24, 2.45) is 0 Å². The Morgan fingerprint density at radius 3 is 2.17 bits per heavy atom. The van der Waals surface area contributed by atoms with Crippen LogP contribution in [0.25, 0.3) is 0 Å². The van der Waals surface area contributed by atoms with Gasteiger partial charge in [0.1, 0.15) is 5.82 Å². The van der Waals surface area contributed by atoms with Crippen LogP contribution in [0.2, 0.25) is 5.02 Å². The highest BCUT2D eigenvalue weighted by molar-refractivity contribution is 7.89. The van der Waals surface area contributed by atoms with Crippen molar-refractivity contribution in [1.82, 2.24) is 9.62 Å². The number of hydrogen-bond acceptors (Lipinski definition) is 3. The average molecular weight is 447 g/mol. The van der Waals surface area contributed by atoms with E-state index in [1.807, 2.05) is 30.3 Å². The highest BCUT2D eigenvalue weighted by atomic mass is 35.5. The molecule has 3 aromatic carbocycles. The van der Waals surface area contributed by atoms with Crippen molar-refractivity contribution in [3.63, 3.8) is 0 Å². The lowest BCUT2D eigenvalue weighted by atomic mass is 9.98. The molecule has 1 amide bonds. The quantitative estimate of drug-likeness (QED) is 0.615. The van der Waals surface area contributed by atoms with Crippen LogP contribution in [0.1, 0.15) is 27.5 Å². The molecule has 1 N–H and O–H groups in total. The number of hydrogen-bond donors (Lipinski definition) is 1. The van der Waals surface area contributed by atoms with E-state index in [0.29, 0.717) is 5.56 Å². The summed E-state index contributed by atoms with van der Waals surface area (Å²) < 4.78 is 39.3. The molecule has 30 heavy (non-hydrogen) atoms. The minimum atomic E-state index is -3.73. The van der Waals surface area contributed by atoms with E-state index in [1.165, 1.54) is 44.4 Å². The third kappa shape index (κ3) is 4.70. The van der Waals surface area contributed by atoms with Crippen LogP contribution in [-0.2, 0) is 10.0 Å². The van der Waals surface area contributed by atoms with Crippen LogP contribution < -0.4 is 5.32 Å². The topological polar surface area (TPSA) is 66.5 Å². The van der Waals surface area contributed by atoms with Gasteiger partial charge in [-0.3, -0.25) is 4.79 Å². The molecule has 1 atom stereocenters. The predicted octanol–water partition coefficient (Wildman–Crippen LogP) is 4.25. The summed E-state index contributed by atoms with van der Waals surface area (Å²) >= 11 is 6.20.